The van der Waals surface area contributed by atoms with Gasteiger partial charge in [-0.3, -0.25) is 14.6 Å². The number of fused-ring (bicyclic) bond motifs is 1. The lowest BCUT2D eigenvalue weighted by molar-refractivity contribution is -0.144. The monoisotopic (exact) mass is 274 g/mol. The molecule has 2 fully saturated rings. The van der Waals surface area contributed by atoms with Crippen LogP contribution in [0, 0.1) is 6.92 Å². The fourth-order valence-corrected chi connectivity index (χ4v) is 3.63. The molecule has 1 aromatic carbocycles. The Balaban J connectivity index is 1.84. The number of carboxylic acid groups (broad SMARTS) is 1. The van der Waals surface area contributed by atoms with E-state index >= 15 is 0 Å². The summed E-state index contributed by atoms with van der Waals surface area (Å²) in [6.07, 6.45) is 2.46. The fraction of sp³-hybridized carbons (Fsp3) is 0.562. The summed E-state index contributed by atoms with van der Waals surface area (Å²) in [5.41, 5.74) is 2.00. The van der Waals surface area contributed by atoms with Crippen LogP contribution in [0.5, 0.6) is 0 Å². The van der Waals surface area contributed by atoms with E-state index in [1.54, 1.807) is 0 Å². The van der Waals surface area contributed by atoms with Gasteiger partial charge in [-0.25, -0.2) is 0 Å². The van der Waals surface area contributed by atoms with Crippen LogP contribution in [-0.2, 0) is 4.79 Å². The van der Waals surface area contributed by atoms with Crippen molar-refractivity contribution >= 4 is 5.97 Å². The molecule has 4 nitrogen and oxygen atoms in total. The maximum absolute atomic E-state index is 11.8. The Morgan fingerprint density at radius 1 is 1.30 bits per heavy atom. The molecule has 2 atom stereocenters. The molecular weight excluding hydrogens is 252 g/mol. The smallest absolute Gasteiger partial charge is 0.325 e. The van der Waals surface area contributed by atoms with Crippen molar-refractivity contribution in [1.82, 2.24) is 9.80 Å². The maximum Gasteiger partial charge on any atom is 0.325 e. The molecule has 2 aliphatic heterocycles. The van der Waals surface area contributed by atoms with E-state index in [4.69, 9.17) is 0 Å². The van der Waals surface area contributed by atoms with Crippen LogP contribution in [0.2, 0.25) is 0 Å². The molecule has 2 saturated heterocycles. The summed E-state index contributed by atoms with van der Waals surface area (Å²) in [5.74, 6) is -0.731. The summed E-state index contributed by atoms with van der Waals surface area (Å²) in [7, 11) is 0. The van der Waals surface area contributed by atoms with Crippen molar-refractivity contribution in [2.45, 2.75) is 31.8 Å². The zero-order valence-corrected chi connectivity index (χ0v) is 12.0. The molecule has 108 valence electrons. The van der Waals surface area contributed by atoms with Gasteiger partial charge < -0.3 is 5.11 Å². The number of aliphatic carboxylic acids is 1. The average Bonchev–Trinajstić information content (AvgIpc) is 2.88. The van der Waals surface area contributed by atoms with Crippen molar-refractivity contribution in [3.05, 3.63) is 35.4 Å². The van der Waals surface area contributed by atoms with Crippen molar-refractivity contribution in [1.29, 1.82) is 0 Å². The third-order valence-electron chi connectivity index (χ3n) is 4.70. The number of benzene rings is 1. The van der Waals surface area contributed by atoms with Gasteiger partial charge in [-0.05, 0) is 37.4 Å². The summed E-state index contributed by atoms with van der Waals surface area (Å²) >= 11 is 0. The van der Waals surface area contributed by atoms with Crippen LogP contribution in [0.4, 0.5) is 0 Å². The molecule has 3 rings (SSSR count). The van der Waals surface area contributed by atoms with Crippen molar-refractivity contribution in [3.8, 4) is 0 Å². The number of carbonyl (C=O) groups is 1. The first-order chi connectivity index (χ1) is 9.66. The van der Waals surface area contributed by atoms with Gasteiger partial charge in [0.05, 0.1) is 0 Å². The van der Waals surface area contributed by atoms with E-state index in [-0.39, 0.29) is 0 Å². The minimum Gasteiger partial charge on any atom is -0.480 e. The third-order valence-corrected chi connectivity index (χ3v) is 4.70. The first kappa shape index (κ1) is 13.6. The second kappa shape index (κ2) is 5.54. The molecule has 2 heterocycles. The SMILES string of the molecule is Cc1ccccc1C(C(=O)O)N1CCN2CCC[C@@H]2C1. The molecule has 0 aromatic heterocycles. The normalized spacial score (nSPS) is 25.4. The van der Waals surface area contributed by atoms with Crippen molar-refractivity contribution in [3.63, 3.8) is 0 Å². The molecule has 1 aromatic rings. The van der Waals surface area contributed by atoms with E-state index in [1.165, 1.54) is 19.4 Å². The van der Waals surface area contributed by atoms with Crippen LogP contribution >= 0.6 is 0 Å². The van der Waals surface area contributed by atoms with Gasteiger partial charge in [-0.1, -0.05) is 24.3 Å². The molecule has 20 heavy (non-hydrogen) atoms. The number of aryl methyl sites for hydroxylation is 1. The minimum absolute atomic E-state index is 0.501. The maximum atomic E-state index is 11.8. The Morgan fingerprint density at radius 3 is 2.85 bits per heavy atom. The number of hydrogen-bond acceptors (Lipinski definition) is 3. The summed E-state index contributed by atoms with van der Waals surface area (Å²) in [6, 6.07) is 7.90. The van der Waals surface area contributed by atoms with Gasteiger partial charge in [0.25, 0.3) is 0 Å². The molecule has 0 amide bonds. The molecule has 0 saturated carbocycles. The highest BCUT2D eigenvalue weighted by Crippen LogP contribution is 2.29. The minimum atomic E-state index is -0.731. The molecule has 2 aliphatic rings. The number of rotatable bonds is 3. The predicted octanol–water partition coefficient (Wildman–Crippen LogP) is 1.90. The van der Waals surface area contributed by atoms with Gasteiger partial charge >= 0.3 is 5.97 Å². The van der Waals surface area contributed by atoms with Crippen molar-refractivity contribution < 1.29 is 9.90 Å². The Kier molecular flexibility index (Phi) is 3.76. The van der Waals surface area contributed by atoms with E-state index in [0.717, 1.165) is 30.8 Å². The Labute approximate surface area is 120 Å². The zero-order chi connectivity index (χ0) is 14.1. The molecular formula is C16H22N2O2. The first-order valence-corrected chi connectivity index (χ1v) is 7.43. The lowest BCUT2D eigenvalue weighted by Gasteiger charge is -2.40. The van der Waals surface area contributed by atoms with Gasteiger partial charge in [-0.2, -0.15) is 0 Å². The number of hydrogen-bond donors (Lipinski definition) is 1. The third kappa shape index (κ3) is 2.45. The van der Waals surface area contributed by atoms with Crippen LogP contribution in [0.3, 0.4) is 0 Å². The molecule has 4 heteroatoms. The van der Waals surface area contributed by atoms with Gasteiger partial charge in [-0.15, -0.1) is 0 Å². The van der Waals surface area contributed by atoms with Crippen LogP contribution in [0.1, 0.15) is 30.0 Å². The Morgan fingerprint density at radius 2 is 2.10 bits per heavy atom. The predicted molar refractivity (Wildman–Crippen MR) is 77.7 cm³/mol. The highest BCUT2D eigenvalue weighted by Gasteiger charge is 2.36. The molecule has 0 radical (unpaired) electrons. The molecule has 0 spiro atoms. The highest BCUT2D eigenvalue weighted by molar-refractivity contribution is 5.76. The second-order valence-corrected chi connectivity index (χ2v) is 5.92. The van der Waals surface area contributed by atoms with E-state index < -0.39 is 12.0 Å². The van der Waals surface area contributed by atoms with Crippen LogP contribution in [0.15, 0.2) is 24.3 Å². The molecule has 1 unspecified atom stereocenters. The topological polar surface area (TPSA) is 43.8 Å². The van der Waals surface area contributed by atoms with E-state index in [1.807, 2.05) is 31.2 Å². The average molecular weight is 274 g/mol. The van der Waals surface area contributed by atoms with Gasteiger partial charge in [0.15, 0.2) is 0 Å². The fourth-order valence-electron chi connectivity index (χ4n) is 3.63. The molecule has 0 aliphatic carbocycles. The summed E-state index contributed by atoms with van der Waals surface area (Å²) in [6.45, 7) is 5.91. The molecule has 1 N–H and O–H groups in total. The van der Waals surface area contributed by atoms with E-state index in [2.05, 4.69) is 9.80 Å². The lowest BCUT2D eigenvalue weighted by atomic mass is 9.98. The standard InChI is InChI=1S/C16H22N2O2/c1-12-5-2-3-7-14(12)15(16(19)20)18-10-9-17-8-4-6-13(17)11-18/h2-3,5,7,13,15H,4,6,8-11H2,1H3,(H,19,20)/t13-,15?/m1/s1. The number of carboxylic acids is 1. The zero-order valence-electron chi connectivity index (χ0n) is 12.0. The number of nitrogens with zero attached hydrogens (tertiary/aromatic N) is 2. The lowest BCUT2D eigenvalue weighted by Crippen LogP contribution is -2.52. The van der Waals surface area contributed by atoms with Crippen molar-refractivity contribution in [2.75, 3.05) is 26.2 Å². The molecule has 0 bridgehead atoms. The van der Waals surface area contributed by atoms with Crippen LogP contribution < -0.4 is 0 Å². The Hall–Kier alpha value is -1.39. The summed E-state index contributed by atoms with van der Waals surface area (Å²) in [4.78, 5) is 16.4. The second-order valence-electron chi connectivity index (χ2n) is 5.92. The van der Waals surface area contributed by atoms with Crippen LogP contribution in [-0.4, -0.2) is 53.1 Å². The largest absolute Gasteiger partial charge is 0.480 e. The highest BCUT2D eigenvalue weighted by atomic mass is 16.4. The van der Waals surface area contributed by atoms with E-state index in [9.17, 15) is 9.90 Å². The Bertz CT molecular complexity index is 503. The quantitative estimate of drug-likeness (QED) is 0.914. The van der Waals surface area contributed by atoms with Gasteiger partial charge in [0.1, 0.15) is 6.04 Å². The first-order valence-electron chi connectivity index (χ1n) is 7.43. The van der Waals surface area contributed by atoms with Gasteiger partial charge in [0.2, 0.25) is 0 Å². The summed E-state index contributed by atoms with van der Waals surface area (Å²) < 4.78 is 0. The number of piperazine rings is 1. The van der Waals surface area contributed by atoms with Gasteiger partial charge in [0, 0.05) is 25.7 Å². The van der Waals surface area contributed by atoms with E-state index in [0.29, 0.717) is 6.04 Å². The summed E-state index contributed by atoms with van der Waals surface area (Å²) in [5, 5.41) is 9.69. The van der Waals surface area contributed by atoms with Crippen molar-refractivity contribution in [2.24, 2.45) is 0 Å². The van der Waals surface area contributed by atoms with Crippen LogP contribution in [0.25, 0.3) is 0 Å².